The van der Waals surface area contributed by atoms with E-state index < -0.39 is 0 Å². The lowest BCUT2D eigenvalue weighted by molar-refractivity contribution is 0.105. The number of hydrogen-bond donors (Lipinski definition) is 0. The first-order valence-corrected chi connectivity index (χ1v) is 7.17. The van der Waals surface area contributed by atoms with Gasteiger partial charge in [-0.25, -0.2) is 0 Å². The molecule has 21 heavy (non-hydrogen) atoms. The molecule has 0 heterocycles. The number of rotatable bonds is 1. The molecule has 2 heteroatoms. The van der Waals surface area contributed by atoms with Gasteiger partial charge in [-0.15, -0.1) is 0 Å². The number of Topliss-reactive ketones (excluding diaryl/α,β-unsaturated/α-hetero) is 1. The van der Waals surface area contributed by atoms with Crippen LogP contribution in [0.15, 0.2) is 66.7 Å². The van der Waals surface area contributed by atoms with Gasteiger partial charge in [0.05, 0.1) is 5.03 Å². The Hall–Kier alpha value is -2.38. The zero-order valence-corrected chi connectivity index (χ0v) is 11.9. The van der Waals surface area contributed by atoms with Crippen LogP contribution in [0.2, 0.25) is 0 Å². The molecule has 0 saturated heterocycles. The number of allylic oxidation sites excluding steroid dienone is 1. The monoisotopic (exact) mass is 290 g/mol. The summed E-state index contributed by atoms with van der Waals surface area (Å²) >= 11 is 6.50. The van der Waals surface area contributed by atoms with Crippen molar-refractivity contribution in [2.75, 3.05) is 0 Å². The third kappa shape index (κ3) is 1.75. The van der Waals surface area contributed by atoms with Crippen LogP contribution >= 0.6 is 11.6 Å². The average molecular weight is 291 g/mol. The van der Waals surface area contributed by atoms with Crippen molar-refractivity contribution < 1.29 is 4.79 Å². The number of ketones is 1. The first-order valence-electron chi connectivity index (χ1n) is 6.79. The molecule has 1 aliphatic rings. The summed E-state index contributed by atoms with van der Waals surface area (Å²) in [4.78, 5) is 12.7. The van der Waals surface area contributed by atoms with E-state index in [2.05, 4.69) is 0 Å². The van der Waals surface area contributed by atoms with Crippen LogP contribution in [0.1, 0.15) is 21.5 Å². The number of fused-ring (bicyclic) bond motifs is 2. The van der Waals surface area contributed by atoms with Crippen LogP contribution in [-0.4, -0.2) is 5.78 Å². The van der Waals surface area contributed by atoms with Crippen molar-refractivity contribution in [3.63, 3.8) is 0 Å². The minimum absolute atomic E-state index is 0.00644. The molecule has 0 bridgehead atoms. The van der Waals surface area contributed by atoms with Gasteiger partial charge in [-0.1, -0.05) is 78.3 Å². The molecular formula is C19H11ClO. The Balaban J connectivity index is 2.03. The van der Waals surface area contributed by atoms with E-state index in [9.17, 15) is 4.79 Å². The smallest absolute Gasteiger partial charge is 0.195 e. The lowest BCUT2D eigenvalue weighted by Crippen LogP contribution is -1.98. The van der Waals surface area contributed by atoms with Gasteiger partial charge >= 0.3 is 0 Å². The van der Waals surface area contributed by atoms with Crippen LogP contribution in [0, 0.1) is 0 Å². The lowest BCUT2D eigenvalue weighted by Gasteiger charge is -2.07. The second kappa shape index (κ2) is 4.57. The minimum Gasteiger partial charge on any atom is -0.289 e. The molecule has 1 aliphatic carbocycles. The van der Waals surface area contributed by atoms with Crippen LogP contribution in [0.3, 0.4) is 0 Å². The standard InChI is InChI=1S/C19H11ClO/c20-18-15-9-3-4-10-16(15)19(21)17(18)14-11-5-7-12-6-1-2-8-13(12)14/h1-11H. The zero-order valence-electron chi connectivity index (χ0n) is 11.1. The first-order chi connectivity index (χ1) is 10.3. The average Bonchev–Trinajstić information content (AvgIpc) is 2.79. The van der Waals surface area contributed by atoms with Crippen molar-refractivity contribution in [1.29, 1.82) is 0 Å². The highest BCUT2D eigenvalue weighted by atomic mass is 35.5. The minimum atomic E-state index is 0.00644. The predicted molar refractivity (Wildman–Crippen MR) is 87.4 cm³/mol. The molecule has 3 aromatic rings. The molecule has 0 spiro atoms. The van der Waals surface area contributed by atoms with Gasteiger partial charge in [-0.05, 0) is 16.3 Å². The maximum Gasteiger partial charge on any atom is 0.195 e. The summed E-state index contributed by atoms with van der Waals surface area (Å²) in [5.74, 6) is 0.00644. The molecule has 0 atom stereocenters. The number of halogens is 1. The Bertz CT molecular complexity index is 916. The molecule has 3 aromatic carbocycles. The predicted octanol–water partition coefficient (Wildman–Crippen LogP) is 5.14. The second-order valence-corrected chi connectivity index (χ2v) is 5.47. The van der Waals surface area contributed by atoms with Crippen LogP contribution in [0.4, 0.5) is 0 Å². The van der Waals surface area contributed by atoms with Crippen LogP contribution < -0.4 is 0 Å². The third-order valence-corrected chi connectivity index (χ3v) is 4.31. The number of carbonyl (C=O) groups is 1. The Morgan fingerprint density at radius 1 is 0.667 bits per heavy atom. The van der Waals surface area contributed by atoms with Gasteiger partial charge in [0.15, 0.2) is 5.78 Å². The van der Waals surface area contributed by atoms with Gasteiger partial charge in [0.2, 0.25) is 0 Å². The molecule has 0 fully saturated rings. The Labute approximate surface area is 127 Å². The van der Waals surface area contributed by atoms with Gasteiger partial charge in [0, 0.05) is 16.7 Å². The van der Waals surface area contributed by atoms with E-state index in [1.54, 1.807) is 0 Å². The fourth-order valence-electron chi connectivity index (χ4n) is 2.93. The molecule has 0 aromatic heterocycles. The van der Waals surface area contributed by atoms with Crippen LogP contribution in [0.5, 0.6) is 0 Å². The highest BCUT2D eigenvalue weighted by Crippen LogP contribution is 2.42. The molecule has 0 N–H and O–H groups in total. The van der Waals surface area contributed by atoms with Crippen molar-refractivity contribution >= 4 is 38.8 Å². The first kappa shape index (κ1) is 12.4. The summed E-state index contributed by atoms with van der Waals surface area (Å²) in [6, 6.07) is 21.5. The summed E-state index contributed by atoms with van der Waals surface area (Å²) < 4.78 is 0. The molecule has 1 nitrogen and oxygen atoms in total. The molecular weight excluding hydrogens is 280 g/mol. The normalized spacial score (nSPS) is 13.9. The number of benzene rings is 3. The van der Waals surface area contributed by atoms with E-state index in [4.69, 9.17) is 11.6 Å². The summed E-state index contributed by atoms with van der Waals surface area (Å²) in [6.07, 6.45) is 0. The molecule has 0 unspecified atom stereocenters. The Morgan fingerprint density at radius 2 is 1.29 bits per heavy atom. The topological polar surface area (TPSA) is 17.1 Å². The van der Waals surface area contributed by atoms with E-state index in [0.29, 0.717) is 16.2 Å². The maximum absolute atomic E-state index is 12.7. The van der Waals surface area contributed by atoms with Gasteiger partial charge in [0.25, 0.3) is 0 Å². The van der Waals surface area contributed by atoms with E-state index >= 15 is 0 Å². The highest BCUT2D eigenvalue weighted by Gasteiger charge is 2.29. The van der Waals surface area contributed by atoms with Crippen LogP contribution in [0.25, 0.3) is 21.4 Å². The van der Waals surface area contributed by atoms with Crippen molar-refractivity contribution in [2.24, 2.45) is 0 Å². The van der Waals surface area contributed by atoms with Crippen molar-refractivity contribution in [1.82, 2.24) is 0 Å². The summed E-state index contributed by atoms with van der Waals surface area (Å²) in [5.41, 5.74) is 3.02. The van der Waals surface area contributed by atoms with Crippen molar-refractivity contribution in [2.45, 2.75) is 0 Å². The number of hydrogen-bond acceptors (Lipinski definition) is 1. The number of carbonyl (C=O) groups excluding carboxylic acids is 1. The van der Waals surface area contributed by atoms with Gasteiger partial charge in [-0.3, -0.25) is 4.79 Å². The van der Waals surface area contributed by atoms with E-state index in [0.717, 1.165) is 21.9 Å². The van der Waals surface area contributed by atoms with E-state index in [1.807, 2.05) is 66.7 Å². The third-order valence-electron chi connectivity index (χ3n) is 3.91. The van der Waals surface area contributed by atoms with Gasteiger partial charge in [0.1, 0.15) is 0 Å². The van der Waals surface area contributed by atoms with E-state index in [-0.39, 0.29) is 5.78 Å². The molecule has 0 saturated carbocycles. The largest absolute Gasteiger partial charge is 0.289 e. The Kier molecular flexibility index (Phi) is 2.69. The summed E-state index contributed by atoms with van der Waals surface area (Å²) in [5, 5.41) is 2.71. The SMILES string of the molecule is O=C1C(c2cccc3ccccc23)=C(Cl)c2ccccc21. The Morgan fingerprint density at radius 3 is 2.10 bits per heavy atom. The van der Waals surface area contributed by atoms with Gasteiger partial charge in [-0.2, -0.15) is 0 Å². The lowest BCUT2D eigenvalue weighted by atomic mass is 9.96. The molecule has 0 radical (unpaired) electrons. The fourth-order valence-corrected chi connectivity index (χ4v) is 3.28. The quantitative estimate of drug-likeness (QED) is 0.606. The van der Waals surface area contributed by atoms with Gasteiger partial charge < -0.3 is 0 Å². The van der Waals surface area contributed by atoms with Crippen molar-refractivity contribution in [3.8, 4) is 0 Å². The maximum atomic E-state index is 12.7. The molecule has 0 amide bonds. The molecule has 100 valence electrons. The summed E-state index contributed by atoms with van der Waals surface area (Å²) in [6.45, 7) is 0. The van der Waals surface area contributed by atoms with Crippen LogP contribution in [-0.2, 0) is 0 Å². The second-order valence-electron chi connectivity index (χ2n) is 5.09. The highest BCUT2D eigenvalue weighted by molar-refractivity contribution is 6.62. The summed E-state index contributed by atoms with van der Waals surface area (Å²) in [7, 11) is 0. The fraction of sp³-hybridized carbons (Fsp3) is 0. The molecule has 0 aliphatic heterocycles. The van der Waals surface area contributed by atoms with E-state index in [1.165, 1.54) is 0 Å². The zero-order chi connectivity index (χ0) is 14.4. The van der Waals surface area contributed by atoms with Crippen molar-refractivity contribution in [3.05, 3.63) is 83.4 Å². The molecule has 4 rings (SSSR count).